The number of hydrogen-bond donors (Lipinski definition) is 0. The van der Waals surface area contributed by atoms with Gasteiger partial charge in [0.1, 0.15) is 0 Å². The summed E-state index contributed by atoms with van der Waals surface area (Å²) in [5.74, 6) is 0.504. The molecule has 1 aliphatic rings. The van der Waals surface area contributed by atoms with Gasteiger partial charge in [0, 0.05) is 35.0 Å². The van der Waals surface area contributed by atoms with E-state index in [-0.39, 0.29) is 15.4 Å². The number of aromatic nitrogens is 1. The largest absolute Gasteiger partial charge is 0.351 e. The molecule has 0 spiro atoms. The molecule has 0 amide bonds. The molecule has 98 valence electrons. The summed E-state index contributed by atoms with van der Waals surface area (Å²) in [6, 6.07) is 1.64. The fourth-order valence-electron chi connectivity index (χ4n) is 1.74. The first-order valence-electron chi connectivity index (χ1n) is 5.95. The highest BCUT2D eigenvalue weighted by Gasteiger charge is 2.26. The number of hydrogen-bond acceptors (Lipinski definition) is 5. The van der Waals surface area contributed by atoms with Crippen LogP contribution in [0.3, 0.4) is 0 Å². The first-order valence-corrected chi connectivity index (χ1v) is 6.77. The number of nitro groups is 1. The van der Waals surface area contributed by atoms with Gasteiger partial charge in [0.2, 0.25) is 5.82 Å². The maximum atomic E-state index is 11.1. The van der Waals surface area contributed by atoms with E-state index < -0.39 is 0 Å². The van der Waals surface area contributed by atoms with Crippen LogP contribution in [0.5, 0.6) is 0 Å². The van der Waals surface area contributed by atoms with Crippen LogP contribution in [0.4, 0.5) is 11.5 Å². The van der Waals surface area contributed by atoms with E-state index in [0.29, 0.717) is 5.82 Å². The minimum absolute atomic E-state index is 0.0216. The molecular weight excluding hydrogens is 250 g/mol. The number of pyridine rings is 1. The minimum atomic E-state index is -0.340. The van der Waals surface area contributed by atoms with Crippen molar-refractivity contribution in [3.8, 4) is 0 Å². The maximum Gasteiger partial charge on any atom is 0.312 e. The lowest BCUT2D eigenvalue weighted by molar-refractivity contribution is -0.384. The fraction of sp³-hybridized carbons (Fsp3) is 0.583. The second kappa shape index (κ2) is 4.76. The smallest absolute Gasteiger partial charge is 0.312 e. The molecule has 1 aromatic rings. The molecule has 0 unspecified atom stereocenters. The Morgan fingerprint density at radius 3 is 2.56 bits per heavy atom. The molecule has 0 radical (unpaired) electrons. The molecule has 1 aliphatic heterocycles. The Kier molecular flexibility index (Phi) is 3.47. The Morgan fingerprint density at radius 1 is 1.44 bits per heavy atom. The Bertz CT molecular complexity index is 467. The summed E-state index contributed by atoms with van der Waals surface area (Å²) < 4.78 is 0.0216. The zero-order valence-electron chi connectivity index (χ0n) is 10.8. The standard InChI is InChI=1S/C12H17N3O2S/c1-12(2,3)18-9-7-10(15(16)17)11(13-8-9)14-5-4-6-14/h7-8H,4-6H2,1-3H3. The zero-order chi connectivity index (χ0) is 13.3. The van der Waals surface area contributed by atoms with E-state index in [9.17, 15) is 10.1 Å². The molecule has 2 rings (SSSR count). The van der Waals surface area contributed by atoms with Gasteiger partial charge in [-0.15, -0.1) is 11.8 Å². The van der Waals surface area contributed by atoms with Crippen molar-refractivity contribution in [3.05, 3.63) is 22.4 Å². The highest BCUT2D eigenvalue weighted by atomic mass is 32.2. The summed E-state index contributed by atoms with van der Waals surface area (Å²) >= 11 is 1.59. The summed E-state index contributed by atoms with van der Waals surface area (Å²) in [6.07, 6.45) is 2.81. The number of rotatable bonds is 3. The first-order chi connectivity index (χ1) is 8.37. The number of nitrogens with zero attached hydrogens (tertiary/aromatic N) is 3. The van der Waals surface area contributed by atoms with Crippen LogP contribution in [-0.4, -0.2) is 27.7 Å². The van der Waals surface area contributed by atoms with Gasteiger partial charge in [-0.2, -0.15) is 0 Å². The molecule has 5 nitrogen and oxygen atoms in total. The molecule has 1 saturated heterocycles. The lowest BCUT2D eigenvalue weighted by Crippen LogP contribution is -2.38. The van der Waals surface area contributed by atoms with Crippen molar-refractivity contribution < 1.29 is 4.92 Å². The van der Waals surface area contributed by atoms with Crippen LogP contribution in [0.15, 0.2) is 17.2 Å². The SMILES string of the molecule is CC(C)(C)Sc1cnc(N2CCC2)c([N+](=O)[O-])c1. The van der Waals surface area contributed by atoms with Crippen LogP contribution in [0.2, 0.25) is 0 Å². The van der Waals surface area contributed by atoms with Gasteiger partial charge in [0.25, 0.3) is 0 Å². The van der Waals surface area contributed by atoms with Gasteiger partial charge >= 0.3 is 5.69 Å². The average Bonchev–Trinajstić information content (AvgIpc) is 2.14. The van der Waals surface area contributed by atoms with Crippen molar-refractivity contribution in [1.82, 2.24) is 4.98 Å². The molecule has 0 saturated carbocycles. The monoisotopic (exact) mass is 267 g/mol. The topological polar surface area (TPSA) is 59.3 Å². The molecule has 0 aromatic carbocycles. The van der Waals surface area contributed by atoms with Crippen LogP contribution < -0.4 is 4.90 Å². The Balaban J connectivity index is 2.31. The van der Waals surface area contributed by atoms with E-state index >= 15 is 0 Å². The van der Waals surface area contributed by atoms with Gasteiger partial charge in [-0.3, -0.25) is 10.1 Å². The van der Waals surface area contributed by atoms with E-state index in [1.807, 2.05) is 4.90 Å². The Morgan fingerprint density at radius 2 is 2.11 bits per heavy atom. The van der Waals surface area contributed by atoms with Gasteiger partial charge in [0.15, 0.2) is 0 Å². The second-order valence-electron chi connectivity index (χ2n) is 5.33. The highest BCUT2D eigenvalue weighted by Crippen LogP contribution is 2.36. The van der Waals surface area contributed by atoms with E-state index in [2.05, 4.69) is 25.8 Å². The summed E-state index contributed by atoms with van der Waals surface area (Å²) in [5, 5.41) is 11.1. The lowest BCUT2D eigenvalue weighted by Gasteiger charge is -2.31. The van der Waals surface area contributed by atoms with E-state index in [1.165, 1.54) is 0 Å². The van der Waals surface area contributed by atoms with Crippen LogP contribution >= 0.6 is 11.8 Å². The maximum absolute atomic E-state index is 11.1. The predicted molar refractivity (Wildman–Crippen MR) is 73.3 cm³/mol. The van der Waals surface area contributed by atoms with Crippen molar-refractivity contribution in [1.29, 1.82) is 0 Å². The molecular formula is C12H17N3O2S. The van der Waals surface area contributed by atoms with Crippen LogP contribution in [0.1, 0.15) is 27.2 Å². The molecule has 18 heavy (non-hydrogen) atoms. The molecule has 0 aliphatic carbocycles. The minimum Gasteiger partial charge on any atom is -0.351 e. The highest BCUT2D eigenvalue weighted by molar-refractivity contribution is 8.00. The normalized spacial score (nSPS) is 15.4. The third-order valence-corrected chi connectivity index (χ3v) is 3.67. The van der Waals surface area contributed by atoms with E-state index in [4.69, 9.17) is 0 Å². The van der Waals surface area contributed by atoms with Gasteiger partial charge in [-0.05, 0) is 6.42 Å². The summed E-state index contributed by atoms with van der Waals surface area (Å²) in [7, 11) is 0. The Labute approximate surface area is 111 Å². The van der Waals surface area contributed by atoms with Crippen molar-refractivity contribution in [2.45, 2.75) is 36.8 Å². The molecule has 2 heterocycles. The number of thioether (sulfide) groups is 1. The van der Waals surface area contributed by atoms with E-state index in [1.54, 1.807) is 24.0 Å². The summed E-state index contributed by atoms with van der Waals surface area (Å²) in [4.78, 5) is 17.8. The van der Waals surface area contributed by atoms with Gasteiger partial charge in [0.05, 0.1) is 4.92 Å². The Hall–Kier alpha value is -1.30. The van der Waals surface area contributed by atoms with E-state index in [0.717, 1.165) is 24.4 Å². The van der Waals surface area contributed by atoms with Gasteiger partial charge in [-0.25, -0.2) is 4.98 Å². The van der Waals surface area contributed by atoms with Crippen LogP contribution in [0.25, 0.3) is 0 Å². The third kappa shape index (κ3) is 2.93. The zero-order valence-corrected chi connectivity index (χ0v) is 11.7. The average molecular weight is 267 g/mol. The molecule has 6 heteroatoms. The molecule has 1 fully saturated rings. The molecule has 0 atom stereocenters. The second-order valence-corrected chi connectivity index (χ2v) is 7.23. The molecule has 1 aromatic heterocycles. The van der Waals surface area contributed by atoms with Crippen molar-refractivity contribution in [2.24, 2.45) is 0 Å². The molecule has 0 N–H and O–H groups in total. The molecule has 0 bridgehead atoms. The van der Waals surface area contributed by atoms with Gasteiger partial charge in [-0.1, -0.05) is 20.8 Å². The van der Waals surface area contributed by atoms with Crippen molar-refractivity contribution in [2.75, 3.05) is 18.0 Å². The fourth-order valence-corrected chi connectivity index (χ4v) is 2.73. The van der Waals surface area contributed by atoms with Crippen LogP contribution in [0, 0.1) is 10.1 Å². The summed E-state index contributed by atoms with van der Waals surface area (Å²) in [6.45, 7) is 7.95. The van der Waals surface area contributed by atoms with Crippen molar-refractivity contribution >= 4 is 23.3 Å². The number of anilines is 1. The van der Waals surface area contributed by atoms with Gasteiger partial charge < -0.3 is 4.90 Å². The first kappa shape index (κ1) is 13.1. The quantitative estimate of drug-likeness (QED) is 0.478. The third-order valence-electron chi connectivity index (χ3n) is 2.60. The lowest BCUT2D eigenvalue weighted by atomic mass is 10.2. The van der Waals surface area contributed by atoms with Crippen molar-refractivity contribution in [3.63, 3.8) is 0 Å². The predicted octanol–water partition coefficient (Wildman–Crippen LogP) is 3.09. The summed E-state index contributed by atoms with van der Waals surface area (Å²) in [5.41, 5.74) is 0.115. The van der Waals surface area contributed by atoms with Crippen LogP contribution in [-0.2, 0) is 0 Å².